The highest BCUT2D eigenvalue weighted by molar-refractivity contribution is 7.15. The Morgan fingerprint density at radius 3 is 2.26 bits per heavy atom. The number of nitrogens with zero attached hydrogens (tertiary/aromatic N) is 2. The number of aryl methyl sites for hydroxylation is 1. The summed E-state index contributed by atoms with van der Waals surface area (Å²) in [4.78, 5) is 36.2. The summed E-state index contributed by atoms with van der Waals surface area (Å²) in [5.74, 6) is -1.08. The van der Waals surface area contributed by atoms with Crippen molar-refractivity contribution in [2.45, 2.75) is 26.7 Å². The van der Waals surface area contributed by atoms with Crippen LogP contribution in [0.2, 0.25) is 0 Å². The predicted octanol–water partition coefficient (Wildman–Crippen LogP) is 5.60. The van der Waals surface area contributed by atoms with Gasteiger partial charge >= 0.3 is 11.9 Å². The van der Waals surface area contributed by atoms with Gasteiger partial charge in [0.25, 0.3) is 0 Å². The van der Waals surface area contributed by atoms with Crippen molar-refractivity contribution in [1.29, 1.82) is 0 Å². The quantitative estimate of drug-likeness (QED) is 0.364. The van der Waals surface area contributed by atoms with E-state index < -0.39 is 23.8 Å². The van der Waals surface area contributed by atoms with Gasteiger partial charge < -0.3 is 18.9 Å². The Hall–Kier alpha value is -3.98. The van der Waals surface area contributed by atoms with Crippen LogP contribution in [0.15, 0.2) is 58.7 Å². The normalized spacial score (nSPS) is 17.1. The van der Waals surface area contributed by atoms with E-state index in [-0.39, 0.29) is 0 Å². The second-order valence-corrected chi connectivity index (χ2v) is 10.0. The Kier molecular flexibility index (Phi) is 7.97. The van der Waals surface area contributed by atoms with E-state index in [1.807, 2.05) is 49.4 Å². The number of methoxy groups -OCH3 is 4. The van der Waals surface area contributed by atoms with Crippen molar-refractivity contribution in [2.75, 3.05) is 28.4 Å². The lowest BCUT2D eigenvalue weighted by Gasteiger charge is -2.31. The van der Waals surface area contributed by atoms with E-state index in [2.05, 4.69) is 4.99 Å². The maximum absolute atomic E-state index is 12.9. The molecule has 2 unspecified atom stereocenters. The van der Waals surface area contributed by atoms with Gasteiger partial charge in [-0.25, -0.2) is 9.78 Å². The molecule has 1 aliphatic heterocycles. The van der Waals surface area contributed by atoms with E-state index >= 15 is 0 Å². The highest BCUT2D eigenvalue weighted by Crippen LogP contribution is 2.42. The summed E-state index contributed by atoms with van der Waals surface area (Å²) < 4.78 is 21.0. The zero-order valence-electron chi connectivity index (χ0n) is 22.4. The van der Waals surface area contributed by atoms with Crippen LogP contribution in [0.3, 0.4) is 0 Å². The number of carbonyl (C=O) groups is 2. The van der Waals surface area contributed by atoms with Gasteiger partial charge in [0.05, 0.1) is 39.7 Å². The second-order valence-electron chi connectivity index (χ2n) is 8.84. The molecule has 8 nitrogen and oxygen atoms in total. The first-order valence-electron chi connectivity index (χ1n) is 12.0. The standard InChI is InChI=1S/C29H30N2O6S/c1-15-23(28(32)36-6)25(24(16(2)30-15)29(33)37-7)18-9-8-10-20(13-18)27-31-26(17(3)38-27)19-11-12-21(34-4)22(14-19)35-5/h8-14,23,25H,1-7H3. The molecule has 2 heterocycles. The first kappa shape index (κ1) is 27.1. The molecule has 0 aliphatic carbocycles. The Morgan fingerprint density at radius 2 is 1.61 bits per heavy atom. The summed E-state index contributed by atoms with van der Waals surface area (Å²) in [6.45, 7) is 5.54. The molecular weight excluding hydrogens is 504 g/mol. The Labute approximate surface area is 225 Å². The van der Waals surface area contributed by atoms with Gasteiger partial charge in [0.1, 0.15) is 10.9 Å². The molecule has 198 valence electrons. The largest absolute Gasteiger partial charge is 0.493 e. The van der Waals surface area contributed by atoms with Crippen molar-refractivity contribution in [3.05, 3.63) is 64.2 Å². The summed E-state index contributed by atoms with van der Waals surface area (Å²) in [6, 6.07) is 13.4. The van der Waals surface area contributed by atoms with E-state index in [1.54, 1.807) is 39.4 Å². The number of allylic oxidation sites excluding steroid dienone is 1. The molecule has 0 saturated heterocycles. The van der Waals surface area contributed by atoms with Crippen LogP contribution in [-0.4, -0.2) is 51.1 Å². The number of benzene rings is 2. The van der Waals surface area contributed by atoms with Crippen LogP contribution in [0.25, 0.3) is 21.8 Å². The van der Waals surface area contributed by atoms with Crippen LogP contribution < -0.4 is 9.47 Å². The molecule has 4 rings (SSSR count). The van der Waals surface area contributed by atoms with E-state index in [0.29, 0.717) is 28.5 Å². The lowest BCUT2D eigenvalue weighted by atomic mass is 9.75. The van der Waals surface area contributed by atoms with Gasteiger partial charge in [-0.3, -0.25) is 9.79 Å². The summed E-state index contributed by atoms with van der Waals surface area (Å²) in [7, 11) is 5.86. The third-order valence-corrected chi connectivity index (χ3v) is 7.65. The minimum atomic E-state index is -0.756. The molecule has 0 radical (unpaired) electrons. The van der Waals surface area contributed by atoms with Crippen molar-refractivity contribution < 1.29 is 28.5 Å². The zero-order valence-corrected chi connectivity index (χ0v) is 23.3. The molecule has 38 heavy (non-hydrogen) atoms. The molecule has 1 aromatic heterocycles. The molecule has 3 aromatic rings. The van der Waals surface area contributed by atoms with E-state index in [4.69, 9.17) is 23.9 Å². The molecule has 0 amide bonds. The minimum Gasteiger partial charge on any atom is -0.493 e. The molecule has 0 fully saturated rings. The van der Waals surface area contributed by atoms with Crippen LogP contribution in [-0.2, 0) is 19.1 Å². The maximum Gasteiger partial charge on any atom is 0.336 e. The van der Waals surface area contributed by atoms with Crippen molar-refractivity contribution in [3.8, 4) is 33.3 Å². The summed E-state index contributed by atoms with van der Waals surface area (Å²) in [5.41, 5.74) is 4.84. The molecule has 2 aromatic carbocycles. The Balaban J connectivity index is 1.80. The zero-order chi connectivity index (χ0) is 27.6. The number of hydrogen-bond donors (Lipinski definition) is 0. The van der Waals surface area contributed by atoms with Crippen LogP contribution >= 0.6 is 11.3 Å². The molecule has 0 N–H and O–H groups in total. The van der Waals surface area contributed by atoms with Crippen LogP contribution in [0, 0.1) is 12.8 Å². The lowest BCUT2D eigenvalue weighted by molar-refractivity contribution is -0.143. The van der Waals surface area contributed by atoms with Gasteiger partial charge in [-0.1, -0.05) is 18.2 Å². The first-order valence-corrected chi connectivity index (χ1v) is 12.8. The van der Waals surface area contributed by atoms with E-state index in [0.717, 1.165) is 32.3 Å². The highest BCUT2D eigenvalue weighted by Gasteiger charge is 2.42. The number of aromatic nitrogens is 1. The van der Waals surface area contributed by atoms with Crippen molar-refractivity contribution in [3.63, 3.8) is 0 Å². The maximum atomic E-state index is 12.9. The molecule has 0 saturated carbocycles. The third-order valence-electron chi connectivity index (χ3n) is 6.63. The number of thiazole rings is 1. The van der Waals surface area contributed by atoms with E-state index in [9.17, 15) is 9.59 Å². The summed E-state index contributed by atoms with van der Waals surface area (Å²) >= 11 is 1.56. The average molecular weight is 535 g/mol. The van der Waals surface area contributed by atoms with E-state index in [1.165, 1.54) is 14.2 Å². The first-order chi connectivity index (χ1) is 18.2. The van der Waals surface area contributed by atoms with Gasteiger partial charge in [-0.05, 0) is 50.6 Å². The topological polar surface area (TPSA) is 96.3 Å². The minimum absolute atomic E-state index is 0.340. The average Bonchev–Trinajstić information content (AvgIpc) is 3.32. The number of carbonyl (C=O) groups excluding carboxylic acids is 2. The number of esters is 2. The fraction of sp³-hybridized carbons (Fsp3) is 0.310. The monoisotopic (exact) mass is 534 g/mol. The summed E-state index contributed by atoms with van der Waals surface area (Å²) in [5, 5.41) is 0.810. The van der Waals surface area contributed by atoms with Crippen LogP contribution in [0.5, 0.6) is 11.5 Å². The summed E-state index contributed by atoms with van der Waals surface area (Å²) in [6.07, 6.45) is 0. The highest BCUT2D eigenvalue weighted by atomic mass is 32.1. The number of hydrogen-bond acceptors (Lipinski definition) is 9. The lowest BCUT2D eigenvalue weighted by Crippen LogP contribution is -2.36. The number of aliphatic imine (C=N–C) groups is 1. The van der Waals surface area contributed by atoms with Gasteiger partial charge in [-0.15, -0.1) is 11.3 Å². The molecule has 0 bridgehead atoms. The molecule has 0 spiro atoms. The van der Waals surface area contributed by atoms with Gasteiger partial charge in [0.15, 0.2) is 11.5 Å². The number of rotatable bonds is 7. The van der Waals surface area contributed by atoms with Crippen molar-refractivity contribution in [1.82, 2.24) is 4.98 Å². The SMILES string of the molecule is COC(=O)C1=C(C)N=C(C)C(C(=O)OC)C1c1cccc(-c2nc(-c3ccc(OC)c(OC)c3)c(C)s2)c1. The van der Waals surface area contributed by atoms with Crippen LogP contribution in [0.4, 0.5) is 0 Å². The van der Waals surface area contributed by atoms with Gasteiger partial charge in [0.2, 0.25) is 0 Å². The van der Waals surface area contributed by atoms with Gasteiger partial charge in [0, 0.05) is 33.3 Å². The van der Waals surface area contributed by atoms with Crippen molar-refractivity contribution in [2.24, 2.45) is 10.9 Å². The smallest absolute Gasteiger partial charge is 0.336 e. The predicted molar refractivity (Wildman–Crippen MR) is 147 cm³/mol. The molecular formula is C29H30N2O6S. The Bertz CT molecular complexity index is 1450. The fourth-order valence-electron chi connectivity index (χ4n) is 4.84. The fourth-order valence-corrected chi connectivity index (χ4v) is 5.77. The van der Waals surface area contributed by atoms with Crippen LogP contribution in [0.1, 0.15) is 30.2 Å². The molecule has 2 atom stereocenters. The number of ether oxygens (including phenoxy) is 4. The van der Waals surface area contributed by atoms with Gasteiger partial charge in [-0.2, -0.15) is 0 Å². The molecule has 1 aliphatic rings. The second kappa shape index (κ2) is 11.2. The molecule has 9 heteroatoms. The third kappa shape index (κ3) is 4.93. The van der Waals surface area contributed by atoms with Crippen molar-refractivity contribution >= 4 is 29.0 Å². The Morgan fingerprint density at radius 1 is 0.868 bits per heavy atom.